The molecule has 1 aliphatic carbocycles. The molecule has 2 heterocycles. The largest absolute Gasteiger partial charge is 0.360 e. The highest BCUT2D eigenvalue weighted by molar-refractivity contribution is 7.80. The number of carbonyl (C=O) groups excluding carboxylic acids is 1. The number of carbonyl (C=O) groups is 1. The first-order chi connectivity index (χ1) is 12.1. The van der Waals surface area contributed by atoms with Crippen LogP contribution in [0.3, 0.4) is 0 Å². The Morgan fingerprint density at radius 3 is 2.60 bits per heavy atom. The lowest BCUT2D eigenvalue weighted by Gasteiger charge is -2.44. The number of benzene rings is 1. The maximum atomic E-state index is 12.8. The van der Waals surface area contributed by atoms with E-state index in [1.54, 1.807) is 0 Å². The Morgan fingerprint density at radius 1 is 1.28 bits per heavy atom. The number of thiocarbonyl (C=S) groups is 1. The molecule has 25 heavy (non-hydrogen) atoms. The van der Waals surface area contributed by atoms with E-state index in [1.165, 1.54) is 18.4 Å². The molecule has 4 rings (SSSR count). The highest BCUT2D eigenvalue weighted by atomic mass is 32.1. The Morgan fingerprint density at radius 2 is 1.96 bits per heavy atom. The summed E-state index contributed by atoms with van der Waals surface area (Å²) < 4.78 is 0. The number of likely N-dealkylation sites (N-methyl/N-ethyl adjacent to an activating group) is 1. The van der Waals surface area contributed by atoms with E-state index < -0.39 is 0 Å². The number of rotatable bonds is 3. The average Bonchev–Trinajstić information content (AvgIpc) is 3.41. The number of piperidine rings is 1. The zero-order valence-corrected chi connectivity index (χ0v) is 15.5. The summed E-state index contributed by atoms with van der Waals surface area (Å²) in [5.74, 6) is 0.205. The Labute approximate surface area is 154 Å². The van der Waals surface area contributed by atoms with Crippen molar-refractivity contribution in [3.63, 3.8) is 0 Å². The number of likely N-dealkylation sites (tertiary alicyclic amines) is 1. The molecule has 1 aromatic carbocycles. The van der Waals surface area contributed by atoms with Crippen LogP contribution in [-0.4, -0.2) is 58.7 Å². The molecule has 6 heteroatoms. The normalized spacial score (nSPS) is 25.5. The predicted octanol–water partition coefficient (Wildman–Crippen LogP) is 1.49. The average molecular weight is 359 g/mol. The summed E-state index contributed by atoms with van der Waals surface area (Å²) in [4.78, 5) is 17.0. The summed E-state index contributed by atoms with van der Waals surface area (Å²) in [6.45, 7) is 1.78. The van der Waals surface area contributed by atoms with Crippen molar-refractivity contribution in [1.29, 1.82) is 0 Å². The minimum absolute atomic E-state index is 0.129. The molecule has 1 spiro atoms. The van der Waals surface area contributed by atoms with Crippen molar-refractivity contribution >= 4 is 23.2 Å². The van der Waals surface area contributed by atoms with Crippen LogP contribution in [0.25, 0.3) is 0 Å². The van der Waals surface area contributed by atoms with E-state index in [0.717, 1.165) is 37.5 Å². The molecule has 2 saturated heterocycles. The van der Waals surface area contributed by atoms with Crippen LogP contribution in [0.1, 0.15) is 31.2 Å². The van der Waals surface area contributed by atoms with Gasteiger partial charge in [-0.1, -0.05) is 30.3 Å². The second-order valence-corrected chi connectivity index (χ2v) is 7.91. The molecule has 2 N–H and O–H groups in total. The van der Waals surface area contributed by atoms with Gasteiger partial charge in [-0.3, -0.25) is 10.1 Å². The maximum Gasteiger partial charge on any atom is 0.241 e. The number of hydrogen-bond donors (Lipinski definition) is 2. The summed E-state index contributed by atoms with van der Waals surface area (Å²) in [5.41, 5.74) is 0.980. The van der Waals surface area contributed by atoms with Crippen LogP contribution in [0, 0.1) is 0 Å². The van der Waals surface area contributed by atoms with Crippen LogP contribution in [0.4, 0.5) is 0 Å². The van der Waals surface area contributed by atoms with E-state index in [2.05, 4.69) is 27.7 Å². The smallest absolute Gasteiger partial charge is 0.241 e. The van der Waals surface area contributed by atoms with Gasteiger partial charge in [0.15, 0.2) is 5.11 Å². The maximum absolute atomic E-state index is 12.8. The SMILES string of the molecule is CN1C(=O)[C@H](Cc2ccccc2)NC12CCN(C(=S)NC1CC1)CC2. The zero-order valence-electron chi connectivity index (χ0n) is 14.7. The zero-order chi connectivity index (χ0) is 17.4. The molecule has 1 atom stereocenters. The van der Waals surface area contributed by atoms with Crippen molar-refractivity contribution in [3.05, 3.63) is 35.9 Å². The van der Waals surface area contributed by atoms with Gasteiger partial charge in [-0.25, -0.2) is 0 Å². The first-order valence-corrected chi connectivity index (χ1v) is 9.63. The summed E-state index contributed by atoms with van der Waals surface area (Å²) in [7, 11) is 1.94. The standard InChI is InChI=1S/C19H26N4OS/c1-22-17(24)16(13-14-5-3-2-4-6-14)21-19(22)9-11-23(12-10-19)18(25)20-15-7-8-15/h2-6,15-16,21H,7-13H2,1H3,(H,20,25)/t16-/m0/s1. The fourth-order valence-electron chi connectivity index (χ4n) is 3.97. The van der Waals surface area contributed by atoms with Crippen LogP contribution < -0.4 is 10.6 Å². The third kappa shape index (κ3) is 3.37. The summed E-state index contributed by atoms with van der Waals surface area (Å²) >= 11 is 5.53. The minimum Gasteiger partial charge on any atom is -0.360 e. The van der Waals surface area contributed by atoms with Crippen molar-refractivity contribution in [3.8, 4) is 0 Å². The molecule has 0 unspecified atom stereocenters. The molecule has 0 bridgehead atoms. The Bertz CT molecular complexity index is 653. The molecule has 5 nitrogen and oxygen atoms in total. The van der Waals surface area contributed by atoms with Gasteiger partial charge in [-0.05, 0) is 37.0 Å². The van der Waals surface area contributed by atoms with Crippen molar-refractivity contribution in [1.82, 2.24) is 20.4 Å². The van der Waals surface area contributed by atoms with Crippen molar-refractivity contribution in [2.24, 2.45) is 0 Å². The van der Waals surface area contributed by atoms with Gasteiger partial charge in [-0.2, -0.15) is 0 Å². The van der Waals surface area contributed by atoms with Crippen molar-refractivity contribution in [2.45, 2.75) is 49.9 Å². The topological polar surface area (TPSA) is 47.6 Å². The molecular formula is C19H26N4OS. The molecule has 1 saturated carbocycles. The summed E-state index contributed by atoms with van der Waals surface area (Å²) in [6.07, 6.45) is 5.03. The fraction of sp³-hybridized carbons (Fsp3) is 0.579. The van der Waals surface area contributed by atoms with Crippen molar-refractivity contribution in [2.75, 3.05) is 20.1 Å². The highest BCUT2D eigenvalue weighted by Gasteiger charge is 2.49. The molecular weight excluding hydrogens is 332 g/mol. The lowest BCUT2D eigenvalue weighted by molar-refractivity contribution is -0.131. The Balaban J connectivity index is 1.39. The van der Waals surface area contributed by atoms with Crippen LogP contribution in [-0.2, 0) is 11.2 Å². The van der Waals surface area contributed by atoms with Crippen LogP contribution >= 0.6 is 12.2 Å². The van der Waals surface area contributed by atoms with E-state index >= 15 is 0 Å². The van der Waals surface area contributed by atoms with E-state index in [-0.39, 0.29) is 17.6 Å². The summed E-state index contributed by atoms with van der Waals surface area (Å²) in [5, 5.41) is 7.95. The third-order valence-corrected chi connectivity index (χ3v) is 6.16. The fourth-order valence-corrected chi connectivity index (χ4v) is 4.32. The van der Waals surface area contributed by atoms with Gasteiger partial charge < -0.3 is 15.1 Å². The second kappa shape index (κ2) is 6.57. The highest BCUT2D eigenvalue weighted by Crippen LogP contribution is 2.32. The van der Waals surface area contributed by atoms with Gasteiger partial charge in [-0.15, -0.1) is 0 Å². The quantitative estimate of drug-likeness (QED) is 0.802. The van der Waals surface area contributed by atoms with Crippen LogP contribution in [0.5, 0.6) is 0 Å². The van der Waals surface area contributed by atoms with Gasteiger partial charge in [0.2, 0.25) is 5.91 Å². The number of nitrogens with one attached hydrogen (secondary N) is 2. The third-order valence-electron chi connectivity index (χ3n) is 5.78. The van der Waals surface area contributed by atoms with Gasteiger partial charge >= 0.3 is 0 Å². The predicted molar refractivity (Wildman–Crippen MR) is 102 cm³/mol. The summed E-state index contributed by atoms with van der Waals surface area (Å²) in [6, 6.07) is 10.7. The van der Waals surface area contributed by atoms with E-state index in [4.69, 9.17) is 12.2 Å². The Kier molecular flexibility index (Phi) is 4.41. The van der Waals surface area contributed by atoms with E-state index in [1.807, 2.05) is 30.1 Å². The van der Waals surface area contributed by atoms with Crippen molar-refractivity contribution < 1.29 is 4.79 Å². The van der Waals surface area contributed by atoms with Gasteiger partial charge in [0.25, 0.3) is 0 Å². The first kappa shape index (κ1) is 16.8. The lowest BCUT2D eigenvalue weighted by Crippen LogP contribution is -2.59. The van der Waals surface area contributed by atoms with E-state index in [0.29, 0.717) is 6.04 Å². The Hall–Kier alpha value is -1.66. The molecule has 1 aromatic rings. The van der Waals surface area contributed by atoms with Gasteiger partial charge in [0.1, 0.15) is 0 Å². The first-order valence-electron chi connectivity index (χ1n) is 9.22. The molecule has 0 aromatic heterocycles. The molecule has 0 radical (unpaired) electrons. The molecule has 134 valence electrons. The van der Waals surface area contributed by atoms with Gasteiger partial charge in [0, 0.05) is 39.0 Å². The molecule has 3 fully saturated rings. The molecule has 3 aliphatic rings. The lowest BCUT2D eigenvalue weighted by atomic mass is 9.96. The minimum atomic E-state index is -0.220. The second-order valence-electron chi connectivity index (χ2n) is 7.53. The molecule has 1 amide bonds. The number of amides is 1. The number of hydrogen-bond acceptors (Lipinski definition) is 3. The monoisotopic (exact) mass is 358 g/mol. The number of nitrogens with zero attached hydrogens (tertiary/aromatic N) is 2. The van der Waals surface area contributed by atoms with Crippen LogP contribution in [0.15, 0.2) is 30.3 Å². The molecule has 2 aliphatic heterocycles. The van der Waals surface area contributed by atoms with Gasteiger partial charge in [0.05, 0.1) is 11.7 Å². The van der Waals surface area contributed by atoms with Crippen LogP contribution in [0.2, 0.25) is 0 Å². The van der Waals surface area contributed by atoms with E-state index in [9.17, 15) is 4.79 Å².